The number of rotatable bonds is 16. The number of nitrogens with one attached hydrogen (secondary N) is 2. The Kier molecular flexibility index (Phi) is 13.4. The third kappa shape index (κ3) is 11.9. The van der Waals surface area contributed by atoms with Crippen molar-refractivity contribution in [1.29, 1.82) is 0 Å². The lowest BCUT2D eigenvalue weighted by molar-refractivity contribution is 0.479. The van der Waals surface area contributed by atoms with E-state index in [4.69, 9.17) is 0 Å². The smallest absolute Gasteiger partial charge is 0.0955 e. The summed E-state index contributed by atoms with van der Waals surface area (Å²) in [5.74, 6) is 0. The zero-order valence-corrected chi connectivity index (χ0v) is 15.0. The first kappa shape index (κ1) is 19.4. The van der Waals surface area contributed by atoms with E-state index in [1.54, 1.807) is 0 Å². The van der Waals surface area contributed by atoms with Crippen molar-refractivity contribution in [2.45, 2.75) is 116 Å². The molecule has 2 N–H and O–H groups in total. The second-order valence-corrected chi connectivity index (χ2v) is 6.96. The minimum absolute atomic E-state index is 0.502. The molecule has 0 saturated heterocycles. The third-order valence-corrected chi connectivity index (χ3v) is 4.77. The van der Waals surface area contributed by atoms with Crippen LogP contribution in [0.2, 0.25) is 0 Å². The molecule has 0 amide bonds. The van der Waals surface area contributed by atoms with Gasteiger partial charge in [-0.1, -0.05) is 96.8 Å². The molecule has 1 rings (SSSR count). The van der Waals surface area contributed by atoms with Gasteiger partial charge in [0.25, 0.3) is 0 Å². The molecule has 22 heavy (non-hydrogen) atoms. The van der Waals surface area contributed by atoms with Crippen LogP contribution in [0.5, 0.6) is 0 Å². The van der Waals surface area contributed by atoms with Gasteiger partial charge in [-0.2, -0.15) is 0 Å². The maximum atomic E-state index is 3.31. The van der Waals surface area contributed by atoms with Crippen LogP contribution in [-0.2, 0) is 0 Å². The van der Waals surface area contributed by atoms with E-state index in [1.807, 2.05) is 12.4 Å². The van der Waals surface area contributed by atoms with E-state index >= 15 is 0 Å². The topological polar surface area (TPSA) is 24.1 Å². The van der Waals surface area contributed by atoms with Gasteiger partial charge in [0.05, 0.1) is 6.17 Å². The SMILES string of the molecule is CCCCCCCCCCCCCCCCCC1NC=CN1. The number of hydrogen-bond acceptors (Lipinski definition) is 2. The van der Waals surface area contributed by atoms with Crippen molar-refractivity contribution in [3.63, 3.8) is 0 Å². The standard InChI is InChI=1S/C20H40N2/c1-2-3-4-5-6-7-8-9-10-11-12-13-14-15-16-17-20-21-18-19-22-20/h18-22H,2-17H2,1H3. The Balaban J connectivity index is 1.64. The van der Waals surface area contributed by atoms with Crippen molar-refractivity contribution in [2.24, 2.45) is 0 Å². The highest BCUT2D eigenvalue weighted by Crippen LogP contribution is 2.14. The minimum Gasteiger partial charge on any atom is -0.370 e. The molecule has 0 atom stereocenters. The van der Waals surface area contributed by atoms with E-state index in [0.29, 0.717) is 6.17 Å². The molecule has 0 aromatic carbocycles. The largest absolute Gasteiger partial charge is 0.370 e. The summed E-state index contributed by atoms with van der Waals surface area (Å²) in [6.45, 7) is 2.29. The summed E-state index contributed by atoms with van der Waals surface area (Å²) in [7, 11) is 0. The lowest BCUT2D eigenvalue weighted by atomic mass is 10.0. The zero-order chi connectivity index (χ0) is 15.7. The molecular weight excluding hydrogens is 268 g/mol. The summed E-state index contributed by atoms with van der Waals surface area (Å²) in [5, 5.41) is 6.63. The molecule has 0 aliphatic carbocycles. The van der Waals surface area contributed by atoms with Gasteiger partial charge in [0.1, 0.15) is 0 Å². The van der Waals surface area contributed by atoms with Crippen molar-refractivity contribution in [1.82, 2.24) is 10.6 Å². The first-order chi connectivity index (χ1) is 10.9. The van der Waals surface area contributed by atoms with E-state index in [-0.39, 0.29) is 0 Å². The molecule has 0 aromatic rings. The lowest BCUT2D eigenvalue weighted by Gasteiger charge is -2.11. The van der Waals surface area contributed by atoms with Gasteiger partial charge in [0.15, 0.2) is 0 Å². The summed E-state index contributed by atoms with van der Waals surface area (Å²) < 4.78 is 0. The van der Waals surface area contributed by atoms with Crippen LogP contribution in [0.3, 0.4) is 0 Å². The number of hydrogen-bond donors (Lipinski definition) is 2. The second-order valence-electron chi connectivity index (χ2n) is 6.96. The highest BCUT2D eigenvalue weighted by molar-refractivity contribution is 4.90. The highest BCUT2D eigenvalue weighted by Gasteiger charge is 2.06. The van der Waals surface area contributed by atoms with Crippen molar-refractivity contribution in [2.75, 3.05) is 0 Å². The van der Waals surface area contributed by atoms with Crippen LogP contribution in [0.4, 0.5) is 0 Å². The quantitative estimate of drug-likeness (QED) is 0.330. The molecular formula is C20H40N2. The van der Waals surface area contributed by atoms with E-state index in [2.05, 4.69) is 17.6 Å². The first-order valence-electron chi connectivity index (χ1n) is 10.1. The second kappa shape index (κ2) is 15.2. The summed E-state index contributed by atoms with van der Waals surface area (Å²) in [6, 6.07) is 0. The molecule has 0 aromatic heterocycles. The molecule has 0 bridgehead atoms. The Morgan fingerprint density at radius 2 is 0.909 bits per heavy atom. The molecule has 0 spiro atoms. The van der Waals surface area contributed by atoms with Gasteiger partial charge in [0, 0.05) is 12.4 Å². The molecule has 0 radical (unpaired) electrons. The minimum atomic E-state index is 0.502. The summed E-state index contributed by atoms with van der Waals surface area (Å²) in [4.78, 5) is 0. The fraction of sp³-hybridized carbons (Fsp3) is 0.900. The zero-order valence-electron chi connectivity index (χ0n) is 15.0. The average molecular weight is 309 g/mol. The molecule has 0 saturated carbocycles. The van der Waals surface area contributed by atoms with Gasteiger partial charge in [-0.3, -0.25) is 0 Å². The van der Waals surface area contributed by atoms with E-state index in [9.17, 15) is 0 Å². The van der Waals surface area contributed by atoms with Gasteiger partial charge in [-0.15, -0.1) is 0 Å². The maximum absolute atomic E-state index is 3.31. The van der Waals surface area contributed by atoms with Crippen molar-refractivity contribution >= 4 is 0 Å². The first-order valence-corrected chi connectivity index (χ1v) is 10.1. The monoisotopic (exact) mass is 308 g/mol. The number of unbranched alkanes of at least 4 members (excludes halogenated alkanes) is 14. The van der Waals surface area contributed by atoms with Crippen LogP contribution in [0.25, 0.3) is 0 Å². The van der Waals surface area contributed by atoms with Crippen LogP contribution in [0.15, 0.2) is 12.4 Å². The Morgan fingerprint density at radius 1 is 0.545 bits per heavy atom. The van der Waals surface area contributed by atoms with E-state index in [1.165, 1.54) is 103 Å². The van der Waals surface area contributed by atoms with E-state index in [0.717, 1.165) is 0 Å². The molecule has 130 valence electrons. The fourth-order valence-electron chi connectivity index (χ4n) is 3.26. The normalized spacial score (nSPS) is 14.2. The van der Waals surface area contributed by atoms with Gasteiger partial charge in [-0.05, 0) is 12.8 Å². The molecule has 1 aliphatic rings. The Labute approximate surface area is 139 Å². The fourth-order valence-corrected chi connectivity index (χ4v) is 3.26. The van der Waals surface area contributed by atoms with Gasteiger partial charge in [0.2, 0.25) is 0 Å². The Morgan fingerprint density at radius 3 is 1.32 bits per heavy atom. The predicted octanol–water partition coefficient (Wildman–Crippen LogP) is 6.24. The maximum Gasteiger partial charge on any atom is 0.0955 e. The highest BCUT2D eigenvalue weighted by atomic mass is 15.1. The Bertz CT molecular complexity index is 242. The van der Waals surface area contributed by atoms with Crippen LogP contribution < -0.4 is 10.6 Å². The molecule has 2 heteroatoms. The lowest BCUT2D eigenvalue weighted by Crippen LogP contribution is -2.30. The Hall–Kier alpha value is -0.660. The van der Waals surface area contributed by atoms with E-state index < -0.39 is 0 Å². The molecule has 1 heterocycles. The van der Waals surface area contributed by atoms with Crippen molar-refractivity contribution < 1.29 is 0 Å². The summed E-state index contributed by atoms with van der Waals surface area (Å²) in [5.41, 5.74) is 0. The van der Waals surface area contributed by atoms with Crippen molar-refractivity contribution in [3.8, 4) is 0 Å². The van der Waals surface area contributed by atoms with Gasteiger partial charge >= 0.3 is 0 Å². The van der Waals surface area contributed by atoms with Gasteiger partial charge in [-0.25, -0.2) is 0 Å². The van der Waals surface area contributed by atoms with Crippen LogP contribution >= 0.6 is 0 Å². The van der Waals surface area contributed by atoms with Crippen LogP contribution in [0, 0.1) is 0 Å². The third-order valence-electron chi connectivity index (χ3n) is 4.77. The molecule has 0 fully saturated rings. The van der Waals surface area contributed by atoms with Crippen LogP contribution in [-0.4, -0.2) is 6.17 Å². The average Bonchev–Trinajstić information content (AvgIpc) is 3.04. The van der Waals surface area contributed by atoms with Gasteiger partial charge < -0.3 is 10.6 Å². The van der Waals surface area contributed by atoms with Crippen LogP contribution in [0.1, 0.15) is 110 Å². The summed E-state index contributed by atoms with van der Waals surface area (Å²) in [6.07, 6.45) is 27.4. The summed E-state index contributed by atoms with van der Waals surface area (Å²) >= 11 is 0. The molecule has 0 unspecified atom stereocenters. The molecule has 2 nitrogen and oxygen atoms in total. The molecule has 1 aliphatic heterocycles. The van der Waals surface area contributed by atoms with Crippen molar-refractivity contribution in [3.05, 3.63) is 12.4 Å². The predicted molar refractivity (Wildman–Crippen MR) is 98.7 cm³/mol.